The lowest BCUT2D eigenvalue weighted by Gasteiger charge is -2.26. The van der Waals surface area contributed by atoms with E-state index in [0.717, 1.165) is 11.3 Å². The minimum absolute atomic E-state index is 0.0335. The van der Waals surface area contributed by atoms with E-state index in [4.69, 9.17) is 23.2 Å². The lowest BCUT2D eigenvalue weighted by molar-refractivity contribution is -0.131. The predicted molar refractivity (Wildman–Crippen MR) is 111 cm³/mol. The maximum Gasteiger partial charge on any atom is 0.255 e. The summed E-state index contributed by atoms with van der Waals surface area (Å²) in [6.45, 7) is 5.17. The average molecular weight is 425 g/mol. The minimum Gasteiger partial charge on any atom is -0.340 e. The predicted octanol–water partition coefficient (Wildman–Crippen LogP) is 4.84. The summed E-state index contributed by atoms with van der Waals surface area (Å²) < 4.78 is 0. The molecule has 1 fully saturated rings. The number of aryl methyl sites for hydroxylation is 1. The Morgan fingerprint density at radius 2 is 2.00 bits per heavy atom. The van der Waals surface area contributed by atoms with E-state index >= 15 is 0 Å². The highest BCUT2D eigenvalue weighted by molar-refractivity contribution is 7.12. The Morgan fingerprint density at radius 3 is 2.67 bits per heavy atom. The Labute approximate surface area is 173 Å². The molecule has 2 aromatic rings. The van der Waals surface area contributed by atoms with E-state index in [1.165, 1.54) is 4.88 Å². The van der Waals surface area contributed by atoms with E-state index in [2.05, 4.69) is 0 Å². The Hall–Kier alpha value is -1.56. The van der Waals surface area contributed by atoms with E-state index in [9.17, 15) is 9.59 Å². The maximum absolute atomic E-state index is 12.9. The molecule has 3 rings (SSSR count). The third-order valence-electron chi connectivity index (χ3n) is 5.08. The second-order valence-electron chi connectivity index (χ2n) is 6.91. The van der Waals surface area contributed by atoms with Gasteiger partial charge in [-0.2, -0.15) is 0 Å². The van der Waals surface area contributed by atoms with Crippen molar-refractivity contribution in [2.24, 2.45) is 0 Å². The molecule has 0 aliphatic carbocycles. The van der Waals surface area contributed by atoms with Crippen molar-refractivity contribution in [3.8, 4) is 0 Å². The fourth-order valence-corrected chi connectivity index (χ4v) is 4.67. The number of likely N-dealkylation sites (N-methyl/N-ethyl adjacent to an activating group) is 1. The third-order valence-corrected chi connectivity index (χ3v) is 7.09. The molecular weight excluding hydrogens is 403 g/mol. The Kier molecular flexibility index (Phi) is 6.14. The number of likely N-dealkylation sites (tertiary alicyclic amines) is 1. The molecule has 1 saturated heterocycles. The molecule has 0 saturated carbocycles. The molecule has 0 N–H and O–H groups in total. The Bertz CT molecular complexity index is 867. The Balaban J connectivity index is 1.67. The standard InChI is InChI=1S/C20H22Cl2N2O2S/c1-12-7-8-17(27-12)13(2)19(25)24-10-9-14(11-24)23(3)20(26)15-5-4-6-16(21)18(15)22/h4-8,13-14H,9-11H2,1-3H3. The van der Waals surface area contributed by atoms with Gasteiger partial charge in [0.05, 0.1) is 27.6 Å². The first-order valence-corrected chi connectivity index (χ1v) is 10.4. The molecule has 1 aliphatic heterocycles. The van der Waals surface area contributed by atoms with Crippen LogP contribution in [0.4, 0.5) is 0 Å². The van der Waals surface area contributed by atoms with Crippen LogP contribution in [0.3, 0.4) is 0 Å². The summed E-state index contributed by atoms with van der Waals surface area (Å²) in [5, 5.41) is 0.628. The van der Waals surface area contributed by atoms with E-state index < -0.39 is 0 Å². The number of amides is 2. The molecule has 4 nitrogen and oxygen atoms in total. The molecule has 2 heterocycles. The molecular formula is C20H22Cl2N2O2S. The first kappa shape index (κ1) is 20.2. The summed E-state index contributed by atoms with van der Waals surface area (Å²) in [4.78, 5) is 31.5. The van der Waals surface area contributed by atoms with Gasteiger partial charge >= 0.3 is 0 Å². The van der Waals surface area contributed by atoms with Gasteiger partial charge in [-0.1, -0.05) is 29.3 Å². The quantitative estimate of drug-likeness (QED) is 0.704. The molecule has 27 heavy (non-hydrogen) atoms. The van der Waals surface area contributed by atoms with Crippen LogP contribution in [0.15, 0.2) is 30.3 Å². The molecule has 7 heteroatoms. The van der Waals surface area contributed by atoms with Gasteiger partial charge in [0.1, 0.15) is 0 Å². The van der Waals surface area contributed by atoms with Crippen molar-refractivity contribution in [3.05, 3.63) is 55.7 Å². The Morgan fingerprint density at radius 1 is 1.26 bits per heavy atom. The number of hydrogen-bond acceptors (Lipinski definition) is 3. The zero-order chi connectivity index (χ0) is 19.7. The minimum atomic E-state index is -0.177. The summed E-state index contributed by atoms with van der Waals surface area (Å²) in [7, 11) is 1.75. The summed E-state index contributed by atoms with van der Waals surface area (Å²) >= 11 is 13.9. The van der Waals surface area contributed by atoms with Gasteiger partial charge in [-0.25, -0.2) is 0 Å². The van der Waals surface area contributed by atoms with Gasteiger partial charge in [0.15, 0.2) is 0 Å². The van der Waals surface area contributed by atoms with E-state index in [1.54, 1.807) is 41.5 Å². The number of halogens is 2. The van der Waals surface area contributed by atoms with Crippen LogP contribution >= 0.6 is 34.5 Å². The second-order valence-corrected chi connectivity index (χ2v) is 9.02. The highest BCUT2D eigenvalue weighted by Gasteiger charge is 2.34. The van der Waals surface area contributed by atoms with Crippen LogP contribution in [0.2, 0.25) is 10.0 Å². The van der Waals surface area contributed by atoms with Gasteiger partial charge < -0.3 is 9.80 Å². The fourth-order valence-electron chi connectivity index (χ4n) is 3.36. The van der Waals surface area contributed by atoms with Crippen LogP contribution in [-0.4, -0.2) is 47.8 Å². The normalized spacial score (nSPS) is 17.8. The summed E-state index contributed by atoms with van der Waals surface area (Å²) in [5.74, 6) is -0.226. The van der Waals surface area contributed by atoms with Crippen LogP contribution in [0.1, 0.15) is 39.4 Å². The highest BCUT2D eigenvalue weighted by atomic mass is 35.5. The SMILES string of the molecule is Cc1ccc(C(C)C(=O)N2CCC(N(C)C(=O)c3cccc(Cl)c3Cl)C2)s1. The van der Waals surface area contributed by atoms with Crippen molar-refractivity contribution in [3.63, 3.8) is 0 Å². The van der Waals surface area contributed by atoms with Gasteiger partial charge in [0.25, 0.3) is 5.91 Å². The largest absolute Gasteiger partial charge is 0.340 e. The van der Waals surface area contributed by atoms with Crippen molar-refractivity contribution >= 4 is 46.4 Å². The fraction of sp³-hybridized carbons (Fsp3) is 0.400. The molecule has 144 valence electrons. The van der Waals surface area contributed by atoms with E-state index in [1.807, 2.05) is 30.9 Å². The first-order chi connectivity index (χ1) is 12.8. The van der Waals surface area contributed by atoms with Crippen molar-refractivity contribution in [1.82, 2.24) is 9.80 Å². The lowest BCUT2D eigenvalue weighted by Crippen LogP contribution is -2.40. The molecule has 2 amide bonds. The monoisotopic (exact) mass is 424 g/mol. The summed E-state index contributed by atoms with van der Waals surface area (Å²) in [5.41, 5.74) is 0.388. The molecule has 0 radical (unpaired) electrons. The van der Waals surface area contributed by atoms with Gasteiger partial charge in [0.2, 0.25) is 5.91 Å². The molecule has 1 aromatic carbocycles. The summed E-state index contributed by atoms with van der Waals surface area (Å²) in [6.07, 6.45) is 0.752. The molecule has 2 unspecified atom stereocenters. The van der Waals surface area contributed by atoms with Crippen molar-refractivity contribution in [2.45, 2.75) is 32.2 Å². The molecule has 1 aromatic heterocycles. The van der Waals surface area contributed by atoms with E-state index in [-0.39, 0.29) is 28.8 Å². The molecule has 0 bridgehead atoms. The van der Waals surface area contributed by atoms with Gasteiger partial charge in [-0.15, -0.1) is 11.3 Å². The maximum atomic E-state index is 12.9. The number of thiophene rings is 1. The lowest BCUT2D eigenvalue weighted by atomic mass is 10.1. The second kappa shape index (κ2) is 8.21. The van der Waals surface area contributed by atoms with Crippen molar-refractivity contribution in [2.75, 3.05) is 20.1 Å². The number of nitrogens with zero attached hydrogens (tertiary/aromatic N) is 2. The smallest absolute Gasteiger partial charge is 0.255 e. The van der Waals surface area contributed by atoms with Crippen LogP contribution in [-0.2, 0) is 4.79 Å². The van der Waals surface area contributed by atoms with Crippen molar-refractivity contribution in [1.29, 1.82) is 0 Å². The number of rotatable bonds is 4. The highest BCUT2D eigenvalue weighted by Crippen LogP contribution is 2.29. The zero-order valence-corrected chi connectivity index (χ0v) is 17.9. The zero-order valence-electron chi connectivity index (χ0n) is 15.5. The van der Waals surface area contributed by atoms with Crippen molar-refractivity contribution < 1.29 is 9.59 Å². The van der Waals surface area contributed by atoms with Gasteiger partial charge in [-0.3, -0.25) is 9.59 Å². The van der Waals surface area contributed by atoms with Crippen LogP contribution < -0.4 is 0 Å². The third kappa shape index (κ3) is 4.15. The van der Waals surface area contributed by atoms with Crippen LogP contribution in [0.5, 0.6) is 0 Å². The number of carbonyl (C=O) groups excluding carboxylic acids is 2. The first-order valence-electron chi connectivity index (χ1n) is 8.86. The topological polar surface area (TPSA) is 40.6 Å². The molecule has 1 aliphatic rings. The van der Waals surface area contributed by atoms with Crippen LogP contribution in [0, 0.1) is 6.92 Å². The molecule has 2 atom stereocenters. The number of benzene rings is 1. The number of hydrogen-bond donors (Lipinski definition) is 0. The number of carbonyl (C=O) groups is 2. The van der Waals surface area contributed by atoms with Gasteiger partial charge in [0, 0.05) is 29.9 Å². The van der Waals surface area contributed by atoms with E-state index in [0.29, 0.717) is 23.7 Å². The average Bonchev–Trinajstić information content (AvgIpc) is 3.31. The summed E-state index contributed by atoms with van der Waals surface area (Å²) in [6, 6.07) is 9.07. The van der Waals surface area contributed by atoms with Crippen LogP contribution in [0.25, 0.3) is 0 Å². The molecule has 0 spiro atoms. The van der Waals surface area contributed by atoms with Gasteiger partial charge in [-0.05, 0) is 44.5 Å².